The maximum atomic E-state index is 11.6. The summed E-state index contributed by atoms with van der Waals surface area (Å²) in [4.78, 5) is 29.1. The minimum absolute atomic E-state index is 0.281. The Labute approximate surface area is 133 Å². The van der Waals surface area contributed by atoms with Crippen molar-refractivity contribution >= 4 is 5.97 Å². The van der Waals surface area contributed by atoms with Gasteiger partial charge in [0.05, 0.1) is 24.6 Å². The number of aromatic nitrogens is 2. The first-order valence-corrected chi connectivity index (χ1v) is 6.75. The number of benzene rings is 1. The molecule has 0 saturated carbocycles. The SMILES string of the molecule is CO/C=C(\C)C(=O)OOc1cccc(OCc2ccncn2)c1. The van der Waals surface area contributed by atoms with Crippen LogP contribution in [0.3, 0.4) is 0 Å². The summed E-state index contributed by atoms with van der Waals surface area (Å²) in [6, 6.07) is 8.47. The van der Waals surface area contributed by atoms with Crippen molar-refractivity contribution in [3.63, 3.8) is 0 Å². The van der Waals surface area contributed by atoms with E-state index in [0.717, 1.165) is 5.69 Å². The molecule has 0 aliphatic rings. The van der Waals surface area contributed by atoms with Gasteiger partial charge in [0.1, 0.15) is 18.7 Å². The summed E-state index contributed by atoms with van der Waals surface area (Å²) in [5, 5.41) is 0. The van der Waals surface area contributed by atoms with Crippen molar-refractivity contribution in [1.82, 2.24) is 9.97 Å². The second-order valence-electron chi connectivity index (χ2n) is 4.45. The van der Waals surface area contributed by atoms with Gasteiger partial charge in [-0.2, -0.15) is 0 Å². The third kappa shape index (κ3) is 5.31. The van der Waals surface area contributed by atoms with Gasteiger partial charge in [0, 0.05) is 12.3 Å². The Morgan fingerprint density at radius 3 is 2.83 bits per heavy atom. The standard InChI is InChI=1S/C16H16N2O5/c1-12(9-20-2)16(19)23-22-15-5-3-4-14(8-15)21-10-13-6-7-17-11-18-13/h3-9,11H,10H2,1-2H3/b12-9+. The molecule has 0 amide bonds. The third-order valence-electron chi connectivity index (χ3n) is 2.67. The van der Waals surface area contributed by atoms with Crippen LogP contribution < -0.4 is 9.62 Å². The molecule has 0 bridgehead atoms. The maximum absolute atomic E-state index is 11.6. The zero-order chi connectivity index (χ0) is 16.5. The van der Waals surface area contributed by atoms with Crippen molar-refractivity contribution in [2.24, 2.45) is 0 Å². The van der Waals surface area contributed by atoms with Gasteiger partial charge in [0.25, 0.3) is 0 Å². The van der Waals surface area contributed by atoms with Gasteiger partial charge < -0.3 is 9.47 Å². The number of nitrogens with zero attached hydrogens (tertiary/aromatic N) is 2. The molecule has 7 nitrogen and oxygen atoms in total. The molecule has 0 radical (unpaired) electrons. The number of rotatable bonds is 7. The average molecular weight is 316 g/mol. The van der Waals surface area contributed by atoms with Crippen molar-refractivity contribution < 1.29 is 24.0 Å². The van der Waals surface area contributed by atoms with Crippen LogP contribution in [0.25, 0.3) is 0 Å². The first-order valence-electron chi connectivity index (χ1n) is 6.75. The number of hydrogen-bond acceptors (Lipinski definition) is 7. The quantitative estimate of drug-likeness (QED) is 0.336. The first kappa shape index (κ1) is 16.3. The lowest BCUT2D eigenvalue weighted by molar-refractivity contribution is -0.208. The summed E-state index contributed by atoms with van der Waals surface area (Å²) in [5.41, 5.74) is 1.03. The summed E-state index contributed by atoms with van der Waals surface area (Å²) in [6.07, 6.45) is 4.36. The molecule has 2 aromatic rings. The Hall–Kier alpha value is -3.09. The highest BCUT2D eigenvalue weighted by Gasteiger charge is 2.09. The molecule has 0 fully saturated rings. The van der Waals surface area contributed by atoms with Gasteiger partial charge >= 0.3 is 5.97 Å². The number of carbonyl (C=O) groups is 1. The third-order valence-corrected chi connectivity index (χ3v) is 2.67. The number of methoxy groups -OCH3 is 1. The minimum atomic E-state index is -0.640. The minimum Gasteiger partial charge on any atom is -0.504 e. The molecular weight excluding hydrogens is 300 g/mol. The molecule has 0 aliphatic carbocycles. The molecule has 1 aromatic heterocycles. The van der Waals surface area contributed by atoms with Gasteiger partial charge in [-0.1, -0.05) is 6.07 Å². The normalized spacial score (nSPS) is 10.8. The van der Waals surface area contributed by atoms with E-state index in [1.807, 2.05) is 0 Å². The Balaban J connectivity index is 1.89. The van der Waals surface area contributed by atoms with Crippen LogP contribution in [-0.2, 0) is 21.0 Å². The van der Waals surface area contributed by atoms with Crippen molar-refractivity contribution in [2.75, 3.05) is 7.11 Å². The zero-order valence-electron chi connectivity index (χ0n) is 12.8. The molecule has 1 heterocycles. The van der Waals surface area contributed by atoms with Gasteiger partial charge in [0.15, 0.2) is 5.75 Å². The van der Waals surface area contributed by atoms with Crippen LogP contribution in [0.15, 0.2) is 54.7 Å². The summed E-state index contributed by atoms with van der Waals surface area (Å²) in [6.45, 7) is 1.85. The van der Waals surface area contributed by atoms with Crippen molar-refractivity contribution in [1.29, 1.82) is 0 Å². The Morgan fingerprint density at radius 2 is 2.09 bits per heavy atom. The van der Waals surface area contributed by atoms with Crippen LogP contribution >= 0.6 is 0 Å². The summed E-state index contributed by atoms with van der Waals surface area (Å²) in [7, 11) is 1.44. The van der Waals surface area contributed by atoms with E-state index in [1.54, 1.807) is 43.5 Å². The molecule has 0 aliphatic heterocycles. The average Bonchev–Trinajstić information content (AvgIpc) is 2.59. The lowest BCUT2D eigenvalue weighted by atomic mass is 10.3. The van der Waals surface area contributed by atoms with E-state index < -0.39 is 5.97 Å². The Bertz CT molecular complexity index is 673. The fourth-order valence-corrected chi connectivity index (χ4v) is 1.55. The molecule has 0 spiro atoms. The Kier molecular flexibility index (Phi) is 5.93. The molecule has 0 saturated heterocycles. The van der Waals surface area contributed by atoms with Crippen molar-refractivity contribution in [3.05, 3.63) is 60.4 Å². The molecule has 2 rings (SSSR count). The van der Waals surface area contributed by atoms with Gasteiger partial charge in [-0.15, -0.1) is 0 Å². The summed E-state index contributed by atoms with van der Waals surface area (Å²) < 4.78 is 10.3. The van der Waals surface area contributed by atoms with Crippen LogP contribution in [0.2, 0.25) is 0 Å². The number of ether oxygens (including phenoxy) is 2. The zero-order valence-corrected chi connectivity index (χ0v) is 12.8. The molecule has 0 N–H and O–H groups in total. The lowest BCUT2D eigenvalue weighted by Gasteiger charge is -2.08. The maximum Gasteiger partial charge on any atom is 0.384 e. The molecule has 1 aromatic carbocycles. The highest BCUT2D eigenvalue weighted by molar-refractivity contribution is 5.87. The molecule has 23 heavy (non-hydrogen) atoms. The van der Waals surface area contributed by atoms with E-state index >= 15 is 0 Å². The Morgan fingerprint density at radius 1 is 1.26 bits per heavy atom. The second kappa shape index (κ2) is 8.38. The topological polar surface area (TPSA) is 79.8 Å². The van der Waals surface area contributed by atoms with E-state index in [4.69, 9.17) is 19.2 Å². The highest BCUT2D eigenvalue weighted by atomic mass is 17.2. The molecule has 0 atom stereocenters. The van der Waals surface area contributed by atoms with E-state index in [1.165, 1.54) is 19.7 Å². The van der Waals surface area contributed by atoms with E-state index in [0.29, 0.717) is 18.1 Å². The van der Waals surface area contributed by atoms with Gasteiger partial charge in [-0.05, 0) is 25.1 Å². The van der Waals surface area contributed by atoms with Crippen LogP contribution in [0, 0.1) is 0 Å². The highest BCUT2D eigenvalue weighted by Crippen LogP contribution is 2.20. The van der Waals surface area contributed by atoms with Crippen molar-refractivity contribution in [3.8, 4) is 11.5 Å². The first-order chi connectivity index (χ1) is 11.2. The molecular formula is C16H16N2O5. The van der Waals surface area contributed by atoms with Crippen LogP contribution in [0.5, 0.6) is 11.5 Å². The molecule has 120 valence electrons. The monoisotopic (exact) mass is 316 g/mol. The fourth-order valence-electron chi connectivity index (χ4n) is 1.55. The van der Waals surface area contributed by atoms with Gasteiger partial charge in [-0.25, -0.2) is 19.7 Å². The van der Waals surface area contributed by atoms with E-state index in [2.05, 4.69) is 9.97 Å². The fraction of sp³-hybridized carbons (Fsp3) is 0.188. The number of carbonyl (C=O) groups excluding carboxylic acids is 1. The smallest absolute Gasteiger partial charge is 0.384 e. The van der Waals surface area contributed by atoms with Crippen LogP contribution in [0.1, 0.15) is 12.6 Å². The largest absolute Gasteiger partial charge is 0.504 e. The number of hydrogen-bond donors (Lipinski definition) is 0. The van der Waals surface area contributed by atoms with Crippen LogP contribution in [0.4, 0.5) is 0 Å². The predicted molar refractivity (Wildman–Crippen MR) is 80.3 cm³/mol. The molecule has 0 unspecified atom stereocenters. The predicted octanol–water partition coefficient (Wildman–Crippen LogP) is 2.44. The van der Waals surface area contributed by atoms with Crippen LogP contribution in [-0.4, -0.2) is 23.0 Å². The molecule has 7 heteroatoms. The van der Waals surface area contributed by atoms with Crippen molar-refractivity contribution in [2.45, 2.75) is 13.5 Å². The van der Waals surface area contributed by atoms with Gasteiger partial charge in [0.2, 0.25) is 0 Å². The van der Waals surface area contributed by atoms with E-state index in [9.17, 15) is 4.79 Å². The van der Waals surface area contributed by atoms with Gasteiger partial charge in [-0.3, -0.25) is 4.89 Å². The second-order valence-corrected chi connectivity index (χ2v) is 4.45. The summed E-state index contributed by atoms with van der Waals surface area (Å²) in [5.74, 6) is 0.254. The summed E-state index contributed by atoms with van der Waals surface area (Å²) >= 11 is 0. The lowest BCUT2D eigenvalue weighted by Crippen LogP contribution is -2.09. The van der Waals surface area contributed by atoms with E-state index in [-0.39, 0.29) is 5.57 Å².